The molecule has 25 heavy (non-hydrogen) atoms. The summed E-state index contributed by atoms with van der Waals surface area (Å²) in [5.41, 5.74) is 1.29. The van der Waals surface area contributed by atoms with Gasteiger partial charge < -0.3 is 14.9 Å². The lowest BCUT2D eigenvalue weighted by atomic mass is 10.2. The first-order chi connectivity index (χ1) is 11.7. The number of rotatable bonds is 8. The van der Waals surface area contributed by atoms with E-state index in [0.717, 1.165) is 5.56 Å². The van der Waals surface area contributed by atoms with Crippen LogP contribution in [-0.2, 0) is 6.54 Å². The number of hydrogen-bond donors (Lipinski definition) is 1. The van der Waals surface area contributed by atoms with E-state index in [0.29, 0.717) is 25.2 Å². The lowest BCUT2D eigenvalue weighted by Gasteiger charge is -2.30. The van der Waals surface area contributed by atoms with Crippen molar-refractivity contribution in [2.75, 3.05) is 19.7 Å². The third-order valence-corrected chi connectivity index (χ3v) is 3.58. The molecule has 0 aliphatic carbocycles. The van der Waals surface area contributed by atoms with Gasteiger partial charge in [-0.15, -0.1) is 0 Å². The van der Waals surface area contributed by atoms with Crippen LogP contribution in [0.25, 0.3) is 0 Å². The molecule has 1 aromatic heterocycles. The summed E-state index contributed by atoms with van der Waals surface area (Å²) in [4.78, 5) is 3.95. The van der Waals surface area contributed by atoms with Gasteiger partial charge in [0, 0.05) is 31.0 Å². The molecule has 1 aromatic rings. The van der Waals surface area contributed by atoms with Gasteiger partial charge in [-0.25, -0.2) is 18.8 Å². The molecule has 0 radical (unpaired) electrons. The molecular weight excluding hydrogens is 342 g/mol. The van der Waals surface area contributed by atoms with Crippen molar-refractivity contribution in [1.29, 1.82) is 0 Å². The first-order valence-electron chi connectivity index (χ1n) is 7.79. The van der Waals surface area contributed by atoms with Crippen molar-refractivity contribution in [2.24, 2.45) is 0 Å². The van der Waals surface area contributed by atoms with Gasteiger partial charge in [-0.1, -0.05) is 6.08 Å². The molecule has 0 bridgehead atoms. The molecule has 5 nitrogen and oxygen atoms in total. The fourth-order valence-electron chi connectivity index (χ4n) is 2.39. The number of aromatic nitrogens is 1. The van der Waals surface area contributed by atoms with Gasteiger partial charge >= 0.3 is 12.3 Å². The number of hydrazine groups is 1. The van der Waals surface area contributed by atoms with Gasteiger partial charge in [0.1, 0.15) is 0 Å². The van der Waals surface area contributed by atoms with Crippen molar-refractivity contribution in [3.05, 3.63) is 35.7 Å². The highest BCUT2D eigenvalue weighted by Gasteiger charge is 2.42. The predicted octanol–water partition coefficient (Wildman–Crippen LogP) is 2.60. The standard InChI is InChI=1S/C16H21F4N3O2/c1-11-6-13(9-23-5-3-4-22(23)8-12(2)24)7-21-14(11)25-10-16(19,20)15(17)18/h3-4,6-7,12,15,24H,5,8-10H2,1-2H3/t12-/m1/s1. The van der Waals surface area contributed by atoms with Crippen LogP contribution in [0, 0.1) is 6.92 Å². The van der Waals surface area contributed by atoms with E-state index in [4.69, 9.17) is 4.74 Å². The van der Waals surface area contributed by atoms with Gasteiger partial charge in [-0.3, -0.25) is 0 Å². The minimum Gasteiger partial charge on any atom is -0.471 e. The average Bonchev–Trinajstić information content (AvgIpc) is 2.92. The maximum absolute atomic E-state index is 12.9. The van der Waals surface area contributed by atoms with Gasteiger partial charge in [0.05, 0.1) is 12.6 Å². The molecule has 0 fully saturated rings. The van der Waals surface area contributed by atoms with Gasteiger partial charge in [0.25, 0.3) is 0 Å². The summed E-state index contributed by atoms with van der Waals surface area (Å²) in [6.45, 7) is 3.51. The van der Waals surface area contributed by atoms with Gasteiger partial charge in [0.2, 0.25) is 5.88 Å². The molecule has 9 heteroatoms. The fraction of sp³-hybridized carbons (Fsp3) is 0.562. The number of halogens is 4. The molecule has 0 saturated heterocycles. The normalized spacial score (nSPS) is 16.7. The highest BCUT2D eigenvalue weighted by Crippen LogP contribution is 2.25. The summed E-state index contributed by atoms with van der Waals surface area (Å²) in [6, 6.07) is 1.71. The SMILES string of the molecule is Cc1cc(CN2CC=CN2C[C@@H](C)O)cnc1OCC(F)(F)C(F)F. The molecule has 0 aromatic carbocycles. The van der Waals surface area contributed by atoms with E-state index < -0.39 is 25.1 Å². The summed E-state index contributed by atoms with van der Waals surface area (Å²) < 4.78 is 54.9. The monoisotopic (exact) mass is 363 g/mol. The first kappa shape index (κ1) is 19.5. The topological polar surface area (TPSA) is 48.8 Å². The van der Waals surface area contributed by atoms with Crippen LogP contribution in [0.3, 0.4) is 0 Å². The average molecular weight is 363 g/mol. The lowest BCUT2D eigenvalue weighted by Crippen LogP contribution is -2.38. The van der Waals surface area contributed by atoms with E-state index in [1.807, 2.05) is 22.3 Å². The van der Waals surface area contributed by atoms with Gasteiger partial charge in [0.15, 0.2) is 6.61 Å². The summed E-state index contributed by atoms with van der Waals surface area (Å²) in [6.07, 6.45) is 1.01. The van der Waals surface area contributed by atoms with Crippen molar-refractivity contribution in [3.63, 3.8) is 0 Å². The number of pyridine rings is 1. The molecule has 0 spiro atoms. The summed E-state index contributed by atoms with van der Waals surface area (Å²) in [5, 5.41) is 13.4. The molecule has 1 atom stereocenters. The van der Waals surface area contributed by atoms with Crippen LogP contribution in [-0.4, -0.2) is 58.3 Å². The third kappa shape index (κ3) is 5.30. The smallest absolute Gasteiger partial charge is 0.340 e. The summed E-state index contributed by atoms with van der Waals surface area (Å²) in [7, 11) is 0. The van der Waals surface area contributed by atoms with Crippen molar-refractivity contribution in [3.8, 4) is 5.88 Å². The zero-order valence-electron chi connectivity index (χ0n) is 14.0. The number of alkyl halides is 4. The third-order valence-electron chi connectivity index (χ3n) is 3.58. The second kappa shape index (κ2) is 8.01. The maximum atomic E-state index is 12.9. The van der Waals surface area contributed by atoms with Crippen molar-refractivity contribution < 1.29 is 27.4 Å². The molecule has 0 amide bonds. The highest BCUT2D eigenvalue weighted by molar-refractivity contribution is 5.28. The summed E-state index contributed by atoms with van der Waals surface area (Å²) >= 11 is 0. The van der Waals surface area contributed by atoms with Crippen molar-refractivity contribution >= 4 is 0 Å². The van der Waals surface area contributed by atoms with E-state index in [1.165, 1.54) is 6.20 Å². The Hall–Kier alpha value is -1.87. The Morgan fingerprint density at radius 1 is 1.40 bits per heavy atom. The molecule has 0 saturated carbocycles. The van der Waals surface area contributed by atoms with E-state index in [-0.39, 0.29) is 5.88 Å². The number of ether oxygens (including phenoxy) is 1. The fourth-order valence-corrected chi connectivity index (χ4v) is 2.39. The number of aliphatic hydroxyl groups excluding tert-OH is 1. The van der Waals surface area contributed by atoms with E-state index in [9.17, 15) is 22.7 Å². The minimum atomic E-state index is -4.21. The Balaban J connectivity index is 1.97. The van der Waals surface area contributed by atoms with Crippen LogP contribution in [0.15, 0.2) is 24.5 Å². The summed E-state index contributed by atoms with van der Waals surface area (Å²) in [5.74, 6) is -4.31. The molecule has 1 aliphatic rings. The van der Waals surface area contributed by atoms with E-state index >= 15 is 0 Å². The highest BCUT2D eigenvalue weighted by atomic mass is 19.3. The van der Waals surface area contributed by atoms with Crippen LogP contribution in [0.5, 0.6) is 5.88 Å². The van der Waals surface area contributed by atoms with Crippen molar-refractivity contribution in [1.82, 2.24) is 15.0 Å². The second-order valence-corrected chi connectivity index (χ2v) is 6.02. The first-order valence-corrected chi connectivity index (χ1v) is 7.79. The quantitative estimate of drug-likeness (QED) is 0.720. The number of aliphatic hydroxyl groups is 1. The second-order valence-electron chi connectivity index (χ2n) is 6.02. The molecule has 2 heterocycles. The zero-order valence-corrected chi connectivity index (χ0v) is 14.0. The van der Waals surface area contributed by atoms with Crippen LogP contribution in [0.4, 0.5) is 17.6 Å². The Kier molecular flexibility index (Phi) is 6.23. The zero-order chi connectivity index (χ0) is 18.6. The Labute approximate surface area is 143 Å². The Morgan fingerprint density at radius 2 is 2.12 bits per heavy atom. The van der Waals surface area contributed by atoms with Crippen LogP contribution in [0.1, 0.15) is 18.1 Å². The van der Waals surface area contributed by atoms with Gasteiger partial charge in [-0.2, -0.15) is 8.78 Å². The number of β-amino-alcohol motifs (C(OH)–C–C–N with tert-alkyl or cyclic N) is 1. The molecule has 0 unspecified atom stereocenters. The van der Waals surface area contributed by atoms with Crippen LogP contribution < -0.4 is 4.74 Å². The number of aryl methyl sites for hydroxylation is 1. The van der Waals surface area contributed by atoms with Gasteiger partial charge in [-0.05, 0) is 25.5 Å². The molecule has 140 valence electrons. The molecule has 1 aliphatic heterocycles. The van der Waals surface area contributed by atoms with E-state index in [2.05, 4.69) is 4.98 Å². The largest absolute Gasteiger partial charge is 0.471 e. The van der Waals surface area contributed by atoms with Crippen LogP contribution >= 0.6 is 0 Å². The minimum absolute atomic E-state index is 0.0931. The molecule has 1 N–H and O–H groups in total. The van der Waals surface area contributed by atoms with E-state index in [1.54, 1.807) is 19.9 Å². The maximum Gasteiger partial charge on any atom is 0.340 e. The molecule has 2 rings (SSSR count). The Morgan fingerprint density at radius 3 is 2.72 bits per heavy atom. The van der Waals surface area contributed by atoms with Crippen LogP contribution in [0.2, 0.25) is 0 Å². The predicted molar refractivity (Wildman–Crippen MR) is 83.4 cm³/mol. The number of nitrogens with zero attached hydrogens (tertiary/aromatic N) is 3. The lowest BCUT2D eigenvalue weighted by molar-refractivity contribution is -0.148. The Bertz CT molecular complexity index is 611. The van der Waals surface area contributed by atoms with Crippen molar-refractivity contribution in [2.45, 2.75) is 38.8 Å². The number of hydrogen-bond acceptors (Lipinski definition) is 5. The molecular formula is C16H21F4N3O2.